The Bertz CT molecular complexity index is 376. The van der Waals surface area contributed by atoms with Gasteiger partial charge in [-0.1, -0.05) is 19.3 Å². The lowest BCUT2D eigenvalue weighted by atomic mass is 9.83. The third-order valence-corrected chi connectivity index (χ3v) is 3.84. The fraction of sp³-hybridized carbons (Fsp3) is 0.625. The van der Waals surface area contributed by atoms with E-state index in [0.717, 1.165) is 24.0 Å². The number of ether oxygens (including phenoxy) is 2. The zero-order chi connectivity index (χ0) is 14.2. The summed E-state index contributed by atoms with van der Waals surface area (Å²) in [7, 11) is 1.63. The van der Waals surface area contributed by atoms with Gasteiger partial charge >= 0.3 is 0 Å². The first-order chi connectivity index (χ1) is 9.78. The van der Waals surface area contributed by atoms with Crippen LogP contribution in [0.4, 0.5) is 0 Å². The number of benzene rings is 1. The summed E-state index contributed by atoms with van der Waals surface area (Å²) in [4.78, 5) is 0. The summed E-state index contributed by atoms with van der Waals surface area (Å²) in [5.74, 6) is 2.46. The molecule has 4 heteroatoms. The highest BCUT2D eigenvalue weighted by atomic mass is 16.5. The van der Waals surface area contributed by atoms with Gasteiger partial charge in [0.2, 0.25) is 0 Å². The fourth-order valence-electron chi connectivity index (χ4n) is 2.28. The van der Waals surface area contributed by atoms with E-state index >= 15 is 0 Å². The van der Waals surface area contributed by atoms with Crippen molar-refractivity contribution < 1.29 is 14.6 Å². The Kier molecular flexibility index (Phi) is 6.15. The van der Waals surface area contributed by atoms with Crippen LogP contribution in [0.2, 0.25) is 0 Å². The van der Waals surface area contributed by atoms with Gasteiger partial charge in [0, 0.05) is 6.54 Å². The standard InChI is InChI=1S/C16H25NO3/c1-19-15-5-7-16(8-6-15)20-12-14(18)11-17-10-9-13-3-2-4-13/h5-8,13-14,17-18H,2-4,9-12H2,1H3. The molecule has 1 aromatic rings. The van der Waals surface area contributed by atoms with Crippen LogP contribution in [-0.4, -0.2) is 38.0 Å². The highest BCUT2D eigenvalue weighted by Crippen LogP contribution is 2.28. The number of methoxy groups -OCH3 is 1. The summed E-state index contributed by atoms with van der Waals surface area (Å²) in [6.45, 7) is 1.88. The molecule has 2 rings (SSSR count). The second kappa shape index (κ2) is 8.12. The number of rotatable bonds is 9. The lowest BCUT2D eigenvalue weighted by Crippen LogP contribution is -2.33. The minimum absolute atomic E-state index is 0.308. The molecule has 0 heterocycles. The predicted octanol–water partition coefficient (Wildman–Crippen LogP) is 2.21. The van der Waals surface area contributed by atoms with Gasteiger partial charge in [0.25, 0.3) is 0 Å². The van der Waals surface area contributed by atoms with Gasteiger partial charge in [-0.05, 0) is 43.1 Å². The average molecular weight is 279 g/mol. The molecular formula is C16H25NO3. The molecule has 0 bridgehead atoms. The van der Waals surface area contributed by atoms with E-state index < -0.39 is 6.10 Å². The van der Waals surface area contributed by atoms with Gasteiger partial charge in [0.1, 0.15) is 24.2 Å². The van der Waals surface area contributed by atoms with Crippen LogP contribution in [0.15, 0.2) is 24.3 Å². The fourth-order valence-corrected chi connectivity index (χ4v) is 2.28. The van der Waals surface area contributed by atoms with Crippen molar-refractivity contribution in [3.05, 3.63) is 24.3 Å². The molecule has 1 unspecified atom stereocenters. The Morgan fingerprint density at radius 3 is 2.55 bits per heavy atom. The zero-order valence-corrected chi connectivity index (χ0v) is 12.2. The number of nitrogens with one attached hydrogen (secondary N) is 1. The molecular weight excluding hydrogens is 254 g/mol. The third kappa shape index (κ3) is 5.02. The highest BCUT2D eigenvalue weighted by Gasteiger charge is 2.16. The van der Waals surface area contributed by atoms with Crippen molar-refractivity contribution in [3.63, 3.8) is 0 Å². The third-order valence-electron chi connectivity index (χ3n) is 3.84. The summed E-state index contributed by atoms with van der Waals surface area (Å²) in [5.41, 5.74) is 0. The first-order valence-corrected chi connectivity index (χ1v) is 7.43. The summed E-state index contributed by atoms with van der Waals surface area (Å²) < 4.78 is 10.6. The molecule has 0 aromatic heterocycles. The molecule has 1 saturated carbocycles. The summed E-state index contributed by atoms with van der Waals surface area (Å²) in [6.07, 6.45) is 4.91. The molecule has 1 aromatic carbocycles. The van der Waals surface area contributed by atoms with Crippen molar-refractivity contribution in [3.8, 4) is 11.5 Å². The maximum Gasteiger partial charge on any atom is 0.119 e. The summed E-state index contributed by atoms with van der Waals surface area (Å²) in [5, 5.41) is 13.1. The van der Waals surface area contributed by atoms with Crippen molar-refractivity contribution in [2.24, 2.45) is 5.92 Å². The zero-order valence-electron chi connectivity index (χ0n) is 12.2. The van der Waals surface area contributed by atoms with Crippen molar-refractivity contribution in [2.45, 2.75) is 31.8 Å². The van der Waals surface area contributed by atoms with Crippen LogP contribution in [0.1, 0.15) is 25.7 Å². The van der Waals surface area contributed by atoms with Crippen LogP contribution in [0.25, 0.3) is 0 Å². The van der Waals surface area contributed by atoms with Gasteiger partial charge in [-0.3, -0.25) is 0 Å². The molecule has 0 aliphatic heterocycles. The minimum Gasteiger partial charge on any atom is -0.497 e. The number of aliphatic hydroxyl groups excluding tert-OH is 1. The quantitative estimate of drug-likeness (QED) is 0.681. The molecule has 0 radical (unpaired) electrons. The first-order valence-electron chi connectivity index (χ1n) is 7.43. The summed E-state index contributed by atoms with van der Waals surface area (Å²) in [6, 6.07) is 7.38. The maximum absolute atomic E-state index is 9.84. The molecule has 112 valence electrons. The van der Waals surface area contributed by atoms with Crippen LogP contribution in [0.5, 0.6) is 11.5 Å². The van der Waals surface area contributed by atoms with Crippen molar-refractivity contribution >= 4 is 0 Å². The van der Waals surface area contributed by atoms with E-state index in [4.69, 9.17) is 9.47 Å². The Hall–Kier alpha value is -1.26. The lowest BCUT2D eigenvalue weighted by Gasteiger charge is -2.25. The van der Waals surface area contributed by atoms with Gasteiger partial charge in [0.15, 0.2) is 0 Å². The van der Waals surface area contributed by atoms with Gasteiger partial charge in [-0.25, -0.2) is 0 Å². The van der Waals surface area contributed by atoms with Crippen LogP contribution in [0, 0.1) is 5.92 Å². The minimum atomic E-state index is -0.474. The number of hydrogen-bond donors (Lipinski definition) is 2. The first kappa shape index (κ1) is 15.1. The molecule has 4 nitrogen and oxygen atoms in total. The smallest absolute Gasteiger partial charge is 0.119 e. The molecule has 2 N–H and O–H groups in total. The highest BCUT2D eigenvalue weighted by molar-refractivity contribution is 5.31. The Balaban J connectivity index is 1.55. The van der Waals surface area contributed by atoms with E-state index in [1.165, 1.54) is 25.7 Å². The van der Waals surface area contributed by atoms with Crippen LogP contribution >= 0.6 is 0 Å². The van der Waals surface area contributed by atoms with Crippen LogP contribution in [0.3, 0.4) is 0 Å². The van der Waals surface area contributed by atoms with E-state index in [9.17, 15) is 5.11 Å². The molecule has 0 spiro atoms. The molecule has 1 fully saturated rings. The van der Waals surface area contributed by atoms with Gasteiger partial charge in [-0.15, -0.1) is 0 Å². The van der Waals surface area contributed by atoms with E-state index in [1.807, 2.05) is 24.3 Å². The van der Waals surface area contributed by atoms with Crippen molar-refractivity contribution in [2.75, 3.05) is 26.8 Å². The van der Waals surface area contributed by atoms with Crippen molar-refractivity contribution in [1.82, 2.24) is 5.32 Å². The Labute approximate surface area is 121 Å². The topological polar surface area (TPSA) is 50.7 Å². The van der Waals surface area contributed by atoms with Crippen LogP contribution < -0.4 is 14.8 Å². The number of hydrogen-bond acceptors (Lipinski definition) is 4. The van der Waals surface area contributed by atoms with Gasteiger partial charge < -0.3 is 19.9 Å². The SMILES string of the molecule is COc1ccc(OCC(O)CNCCC2CCC2)cc1. The maximum atomic E-state index is 9.84. The molecule has 0 saturated heterocycles. The monoisotopic (exact) mass is 279 g/mol. The molecule has 1 aliphatic rings. The van der Waals surface area contributed by atoms with E-state index in [2.05, 4.69) is 5.32 Å². The predicted molar refractivity (Wildman–Crippen MR) is 79.3 cm³/mol. The molecule has 1 aliphatic carbocycles. The molecule has 1 atom stereocenters. The second-order valence-corrected chi connectivity index (χ2v) is 5.43. The Morgan fingerprint density at radius 1 is 1.25 bits per heavy atom. The van der Waals surface area contributed by atoms with E-state index in [-0.39, 0.29) is 0 Å². The largest absolute Gasteiger partial charge is 0.497 e. The average Bonchev–Trinajstić information content (AvgIpc) is 2.43. The van der Waals surface area contributed by atoms with E-state index in [1.54, 1.807) is 7.11 Å². The molecule has 20 heavy (non-hydrogen) atoms. The van der Waals surface area contributed by atoms with E-state index in [0.29, 0.717) is 13.2 Å². The van der Waals surface area contributed by atoms with Gasteiger partial charge in [0.05, 0.1) is 7.11 Å². The lowest BCUT2D eigenvalue weighted by molar-refractivity contribution is 0.105. The Morgan fingerprint density at radius 2 is 1.95 bits per heavy atom. The second-order valence-electron chi connectivity index (χ2n) is 5.43. The molecule has 0 amide bonds. The van der Waals surface area contributed by atoms with Crippen LogP contribution in [-0.2, 0) is 0 Å². The van der Waals surface area contributed by atoms with Gasteiger partial charge in [-0.2, -0.15) is 0 Å². The van der Waals surface area contributed by atoms with Crippen molar-refractivity contribution in [1.29, 1.82) is 0 Å². The summed E-state index contributed by atoms with van der Waals surface area (Å²) >= 11 is 0. The normalized spacial score (nSPS) is 16.5. The number of aliphatic hydroxyl groups is 1.